The number of ketones is 1. The number of nitrogens with one attached hydrogen (secondary N) is 1. The molecule has 0 aromatic carbocycles. The van der Waals surface area contributed by atoms with Gasteiger partial charge in [0.2, 0.25) is 0 Å². The number of hydrogen-bond acceptors (Lipinski definition) is 6. The Kier molecular flexibility index (Phi) is 4.57. The molecule has 1 unspecified atom stereocenters. The van der Waals surface area contributed by atoms with Gasteiger partial charge in [0.15, 0.2) is 5.78 Å². The largest absolute Gasteiger partial charge is 0.356 e. The minimum atomic E-state index is -0.592. The summed E-state index contributed by atoms with van der Waals surface area (Å²) < 4.78 is 0. The van der Waals surface area contributed by atoms with Gasteiger partial charge in [-0.1, -0.05) is 19.3 Å². The summed E-state index contributed by atoms with van der Waals surface area (Å²) in [5, 5.41) is 4.29. The zero-order valence-electron chi connectivity index (χ0n) is 11.5. The molecule has 1 aliphatic heterocycles. The van der Waals surface area contributed by atoms with Crippen molar-refractivity contribution in [2.24, 2.45) is 17.0 Å². The number of hydrogen-bond donors (Lipinski definition) is 3. The van der Waals surface area contributed by atoms with E-state index < -0.39 is 11.5 Å². The summed E-state index contributed by atoms with van der Waals surface area (Å²) in [4.78, 5) is 23.7. The molecule has 6 nitrogen and oxygen atoms in total. The van der Waals surface area contributed by atoms with Crippen molar-refractivity contribution in [3.05, 3.63) is 24.3 Å². The molecule has 0 amide bonds. The Bertz CT molecular complexity index is 438. The van der Waals surface area contributed by atoms with Gasteiger partial charge in [-0.3, -0.25) is 9.80 Å². The molecule has 1 fully saturated rings. The maximum Gasteiger partial charge on any atom is 0.186 e. The number of allylic oxidation sites excluding steroid dienone is 1. The van der Waals surface area contributed by atoms with Gasteiger partial charge in [-0.2, -0.15) is 0 Å². The van der Waals surface area contributed by atoms with Crippen molar-refractivity contribution in [2.75, 3.05) is 0 Å². The Labute approximate surface area is 118 Å². The molecule has 0 aromatic rings. The van der Waals surface area contributed by atoms with Gasteiger partial charge < -0.3 is 15.8 Å². The van der Waals surface area contributed by atoms with E-state index in [4.69, 9.17) is 11.6 Å². The highest BCUT2D eigenvalue weighted by atomic mass is 16.1. The van der Waals surface area contributed by atoms with Crippen LogP contribution in [0.5, 0.6) is 0 Å². The van der Waals surface area contributed by atoms with E-state index in [9.17, 15) is 9.59 Å². The van der Waals surface area contributed by atoms with Crippen molar-refractivity contribution in [1.29, 1.82) is 0 Å². The topological polar surface area (TPSA) is 101 Å². The van der Waals surface area contributed by atoms with Gasteiger partial charge >= 0.3 is 0 Å². The van der Waals surface area contributed by atoms with Crippen LogP contribution in [0.3, 0.4) is 0 Å². The fourth-order valence-corrected chi connectivity index (χ4v) is 3.10. The monoisotopic (exact) mass is 278 g/mol. The molecule has 1 aliphatic carbocycles. The van der Waals surface area contributed by atoms with E-state index in [1.165, 1.54) is 5.01 Å². The van der Waals surface area contributed by atoms with E-state index in [1.807, 2.05) is 0 Å². The Morgan fingerprint density at radius 3 is 2.75 bits per heavy atom. The second kappa shape index (κ2) is 6.19. The SMILES string of the molecule is NC(C=O)CC1(C(=O)C2=CN(N)C=CN2)CCCCC1. The standard InChI is InChI=1S/C14H22N4O2/c15-11(10-19)8-14(4-2-1-3-5-14)13(20)12-9-18(16)7-6-17-12/h6-7,9-11,17H,1-5,8,15-16H2. The predicted molar refractivity (Wildman–Crippen MR) is 75.6 cm³/mol. The summed E-state index contributed by atoms with van der Waals surface area (Å²) in [6.45, 7) is 0. The summed E-state index contributed by atoms with van der Waals surface area (Å²) in [5.41, 5.74) is 5.70. The number of carbonyl (C=O) groups is 2. The Morgan fingerprint density at radius 2 is 2.15 bits per heavy atom. The molecule has 1 saturated carbocycles. The first-order valence-electron chi connectivity index (χ1n) is 7.01. The van der Waals surface area contributed by atoms with Crippen molar-refractivity contribution in [1.82, 2.24) is 10.3 Å². The Balaban J connectivity index is 2.21. The predicted octanol–water partition coefficient (Wildman–Crippen LogP) is 0.514. The van der Waals surface area contributed by atoms with Gasteiger partial charge in [0.1, 0.15) is 12.0 Å². The van der Waals surface area contributed by atoms with Crippen molar-refractivity contribution in [3.8, 4) is 0 Å². The lowest BCUT2D eigenvalue weighted by atomic mass is 9.67. The molecular formula is C14H22N4O2. The molecule has 1 atom stereocenters. The quantitative estimate of drug-likeness (QED) is 0.500. The van der Waals surface area contributed by atoms with Crippen molar-refractivity contribution in [2.45, 2.75) is 44.6 Å². The highest BCUT2D eigenvalue weighted by molar-refractivity contribution is 6.00. The number of nitrogens with zero attached hydrogens (tertiary/aromatic N) is 1. The first-order valence-corrected chi connectivity index (χ1v) is 7.01. The molecule has 0 aromatic heterocycles. The number of rotatable bonds is 5. The maximum atomic E-state index is 12.9. The molecule has 2 rings (SSSR count). The first-order chi connectivity index (χ1) is 9.57. The average molecular weight is 278 g/mol. The van der Waals surface area contributed by atoms with E-state index in [1.54, 1.807) is 18.6 Å². The fourth-order valence-electron chi connectivity index (χ4n) is 3.10. The van der Waals surface area contributed by atoms with E-state index in [2.05, 4.69) is 5.32 Å². The van der Waals surface area contributed by atoms with Crippen molar-refractivity contribution in [3.63, 3.8) is 0 Å². The molecule has 5 N–H and O–H groups in total. The van der Waals surface area contributed by atoms with Gasteiger partial charge in [0, 0.05) is 24.0 Å². The zero-order valence-corrected chi connectivity index (χ0v) is 11.5. The van der Waals surface area contributed by atoms with E-state index in [-0.39, 0.29) is 5.78 Å². The van der Waals surface area contributed by atoms with Crippen LogP contribution >= 0.6 is 0 Å². The van der Waals surface area contributed by atoms with Gasteiger partial charge in [0.25, 0.3) is 0 Å². The average Bonchev–Trinajstić information content (AvgIpc) is 2.47. The molecule has 20 heavy (non-hydrogen) atoms. The summed E-state index contributed by atoms with van der Waals surface area (Å²) in [6.07, 6.45) is 10.6. The highest BCUT2D eigenvalue weighted by Gasteiger charge is 2.42. The molecule has 0 spiro atoms. The molecule has 110 valence electrons. The molecule has 1 heterocycles. The first kappa shape index (κ1) is 14.7. The fraction of sp³-hybridized carbons (Fsp3) is 0.571. The minimum absolute atomic E-state index is 0.00861. The van der Waals surface area contributed by atoms with Crippen molar-refractivity contribution < 1.29 is 9.59 Å². The van der Waals surface area contributed by atoms with Gasteiger partial charge in [-0.25, -0.2) is 5.84 Å². The number of aldehydes is 1. The maximum absolute atomic E-state index is 12.9. The summed E-state index contributed by atoms with van der Waals surface area (Å²) in [7, 11) is 0. The minimum Gasteiger partial charge on any atom is -0.356 e. The van der Waals surface area contributed by atoms with Gasteiger partial charge in [-0.15, -0.1) is 0 Å². The second-order valence-electron chi connectivity index (χ2n) is 5.62. The third kappa shape index (κ3) is 3.08. The molecule has 2 aliphatic rings. The molecule has 0 radical (unpaired) electrons. The third-order valence-electron chi connectivity index (χ3n) is 4.10. The third-order valence-corrected chi connectivity index (χ3v) is 4.10. The summed E-state index contributed by atoms with van der Waals surface area (Å²) in [6, 6.07) is -0.592. The van der Waals surface area contributed by atoms with Crippen LogP contribution in [0.15, 0.2) is 24.3 Å². The van der Waals surface area contributed by atoms with Crippen LogP contribution in [0.4, 0.5) is 0 Å². The van der Waals surface area contributed by atoms with Gasteiger partial charge in [-0.05, 0) is 19.3 Å². The number of hydrazine groups is 1. The normalized spacial score (nSPS) is 22.7. The lowest BCUT2D eigenvalue weighted by molar-refractivity contribution is -0.128. The molecule has 6 heteroatoms. The van der Waals surface area contributed by atoms with E-state index in [0.717, 1.165) is 38.4 Å². The van der Waals surface area contributed by atoms with Crippen LogP contribution in [-0.2, 0) is 9.59 Å². The number of nitrogens with two attached hydrogens (primary N) is 2. The number of Topliss-reactive ketones (excluding diaryl/α,β-unsaturated/α-hetero) is 1. The van der Waals surface area contributed by atoms with E-state index >= 15 is 0 Å². The van der Waals surface area contributed by atoms with Gasteiger partial charge in [0.05, 0.1) is 6.04 Å². The van der Waals surface area contributed by atoms with Crippen LogP contribution < -0.4 is 16.9 Å². The smallest absolute Gasteiger partial charge is 0.186 e. The molecule has 0 bridgehead atoms. The summed E-state index contributed by atoms with van der Waals surface area (Å²) in [5.74, 6) is 5.67. The second-order valence-corrected chi connectivity index (χ2v) is 5.62. The molecular weight excluding hydrogens is 256 g/mol. The van der Waals surface area contributed by atoms with Crippen LogP contribution in [0.25, 0.3) is 0 Å². The molecule has 0 saturated heterocycles. The summed E-state index contributed by atoms with van der Waals surface area (Å²) >= 11 is 0. The van der Waals surface area contributed by atoms with E-state index in [0.29, 0.717) is 12.1 Å². The Hall–Kier alpha value is -1.66. The number of carbonyl (C=O) groups excluding carboxylic acids is 2. The highest BCUT2D eigenvalue weighted by Crippen LogP contribution is 2.42. The van der Waals surface area contributed by atoms with Crippen LogP contribution in [0.2, 0.25) is 0 Å². The lowest BCUT2D eigenvalue weighted by Crippen LogP contribution is -2.43. The van der Waals surface area contributed by atoms with Crippen LogP contribution in [0.1, 0.15) is 38.5 Å². The van der Waals surface area contributed by atoms with Crippen LogP contribution in [0, 0.1) is 5.41 Å². The van der Waals surface area contributed by atoms with Crippen LogP contribution in [-0.4, -0.2) is 23.1 Å². The zero-order chi connectivity index (χ0) is 14.6. The van der Waals surface area contributed by atoms with Crippen molar-refractivity contribution >= 4 is 12.1 Å². The Morgan fingerprint density at radius 1 is 1.45 bits per heavy atom. The lowest BCUT2D eigenvalue weighted by Gasteiger charge is -2.37.